The zero-order chi connectivity index (χ0) is 18.3. The lowest BCUT2D eigenvalue weighted by Crippen LogP contribution is -2.44. The van der Waals surface area contributed by atoms with E-state index in [9.17, 15) is 9.18 Å². The highest BCUT2D eigenvalue weighted by Gasteiger charge is 2.37. The summed E-state index contributed by atoms with van der Waals surface area (Å²) in [5, 5.41) is 7.21. The molecule has 1 fully saturated rings. The molecule has 1 aliphatic rings. The number of benzene rings is 1. The lowest BCUT2D eigenvalue weighted by molar-refractivity contribution is 0.0877. The first kappa shape index (κ1) is 19.0. The van der Waals surface area contributed by atoms with Gasteiger partial charge in [0.25, 0.3) is 0 Å². The molecule has 2 atom stereocenters. The summed E-state index contributed by atoms with van der Waals surface area (Å²) in [7, 11) is 0. The maximum atomic E-state index is 13.5. The normalized spacial score (nSPS) is 17.9. The second-order valence-electron chi connectivity index (χ2n) is 4.93. The van der Waals surface area contributed by atoms with Gasteiger partial charge in [0, 0.05) is 12.4 Å². The number of nitrogens with one attached hydrogen (secondary N) is 1. The number of hydrogen-bond donors (Lipinski definition) is 5. The summed E-state index contributed by atoms with van der Waals surface area (Å²) in [6.45, 7) is 2.06. The molecule has 0 aromatic heterocycles. The number of carbonyl (C=O) groups is 1. The SMILES string of the molecule is CC(C1CN(c2ccc(N)c(F)c2)C(=O)O1)N(N)/C=C\N.N=CN. The number of nitrogens with zero attached hydrogens (tertiary/aromatic N) is 2. The van der Waals surface area contributed by atoms with E-state index in [2.05, 4.69) is 5.73 Å². The Morgan fingerprint density at radius 3 is 2.67 bits per heavy atom. The monoisotopic (exact) mass is 339 g/mol. The van der Waals surface area contributed by atoms with Crippen molar-refractivity contribution < 1.29 is 13.9 Å². The van der Waals surface area contributed by atoms with E-state index in [1.54, 1.807) is 13.0 Å². The van der Waals surface area contributed by atoms with Crippen LogP contribution in [0, 0.1) is 11.2 Å². The van der Waals surface area contributed by atoms with Crippen LogP contribution < -0.4 is 27.9 Å². The van der Waals surface area contributed by atoms with E-state index in [1.807, 2.05) is 0 Å². The topological polar surface area (TPSA) is 161 Å². The number of halogens is 1. The van der Waals surface area contributed by atoms with Crippen LogP contribution in [0.25, 0.3) is 0 Å². The molecule has 1 aromatic carbocycles. The van der Waals surface area contributed by atoms with Crippen molar-refractivity contribution in [2.45, 2.75) is 19.1 Å². The molecule has 0 spiro atoms. The van der Waals surface area contributed by atoms with Gasteiger partial charge < -0.3 is 26.9 Å². The third-order valence-corrected chi connectivity index (χ3v) is 3.40. The molecule has 1 saturated heterocycles. The van der Waals surface area contributed by atoms with Crippen molar-refractivity contribution in [3.63, 3.8) is 0 Å². The van der Waals surface area contributed by atoms with E-state index in [0.29, 0.717) is 5.69 Å². The fourth-order valence-electron chi connectivity index (χ4n) is 2.06. The highest BCUT2D eigenvalue weighted by molar-refractivity contribution is 5.90. The predicted molar refractivity (Wildman–Crippen MR) is 90.2 cm³/mol. The van der Waals surface area contributed by atoms with Crippen LogP contribution in [0.4, 0.5) is 20.6 Å². The van der Waals surface area contributed by atoms with Gasteiger partial charge in [-0.25, -0.2) is 15.0 Å². The summed E-state index contributed by atoms with van der Waals surface area (Å²) in [6.07, 6.45) is 2.50. The summed E-state index contributed by atoms with van der Waals surface area (Å²) in [5.41, 5.74) is 15.5. The van der Waals surface area contributed by atoms with E-state index in [1.165, 1.54) is 34.4 Å². The van der Waals surface area contributed by atoms with Crippen molar-refractivity contribution in [1.29, 1.82) is 5.41 Å². The summed E-state index contributed by atoms with van der Waals surface area (Å²) in [4.78, 5) is 13.3. The molecular weight excluding hydrogens is 317 g/mol. The van der Waals surface area contributed by atoms with Gasteiger partial charge in [0.1, 0.15) is 11.9 Å². The molecule has 2 rings (SSSR count). The summed E-state index contributed by atoms with van der Waals surface area (Å²) < 4.78 is 18.8. The lowest BCUT2D eigenvalue weighted by Gasteiger charge is -2.25. The van der Waals surface area contributed by atoms with Gasteiger partial charge in [0.2, 0.25) is 0 Å². The molecule has 0 radical (unpaired) electrons. The van der Waals surface area contributed by atoms with Crippen LogP contribution in [0.5, 0.6) is 0 Å². The molecule has 10 heteroatoms. The average molecular weight is 339 g/mol. The van der Waals surface area contributed by atoms with Gasteiger partial charge in [-0.1, -0.05) is 0 Å². The first-order chi connectivity index (χ1) is 11.3. The third-order valence-electron chi connectivity index (χ3n) is 3.40. The van der Waals surface area contributed by atoms with Crippen LogP contribution >= 0.6 is 0 Å². The van der Waals surface area contributed by atoms with Crippen molar-refractivity contribution in [3.8, 4) is 0 Å². The fourth-order valence-corrected chi connectivity index (χ4v) is 2.06. The molecular formula is C14H22FN7O2. The maximum Gasteiger partial charge on any atom is 0.414 e. The van der Waals surface area contributed by atoms with Gasteiger partial charge in [-0.3, -0.25) is 10.3 Å². The third kappa shape index (κ3) is 4.49. The Labute approximate surface area is 139 Å². The van der Waals surface area contributed by atoms with Crippen molar-refractivity contribution in [1.82, 2.24) is 5.01 Å². The van der Waals surface area contributed by atoms with Crippen LogP contribution in [-0.4, -0.2) is 36.1 Å². The van der Waals surface area contributed by atoms with Crippen LogP contribution in [0.1, 0.15) is 6.92 Å². The fraction of sp³-hybridized carbons (Fsp3) is 0.286. The smallest absolute Gasteiger partial charge is 0.414 e. The largest absolute Gasteiger partial charge is 0.442 e. The zero-order valence-corrected chi connectivity index (χ0v) is 13.2. The van der Waals surface area contributed by atoms with Crippen LogP contribution in [0.2, 0.25) is 0 Å². The second kappa shape index (κ2) is 8.58. The van der Waals surface area contributed by atoms with E-state index in [0.717, 1.165) is 6.34 Å². The Hall–Kier alpha value is -3.01. The van der Waals surface area contributed by atoms with Crippen molar-refractivity contribution in [3.05, 3.63) is 36.4 Å². The molecule has 1 aromatic rings. The summed E-state index contributed by atoms with van der Waals surface area (Å²) in [6, 6.07) is 3.88. The highest BCUT2D eigenvalue weighted by atomic mass is 19.1. The van der Waals surface area contributed by atoms with E-state index in [-0.39, 0.29) is 18.3 Å². The number of hydrogen-bond acceptors (Lipinski definition) is 7. The Bertz CT molecular complexity index is 611. The van der Waals surface area contributed by atoms with Crippen LogP contribution in [0.3, 0.4) is 0 Å². The summed E-state index contributed by atoms with van der Waals surface area (Å²) >= 11 is 0. The van der Waals surface area contributed by atoms with Gasteiger partial charge in [-0.15, -0.1) is 0 Å². The standard InChI is InChI=1S/C13H18FN5O2.CH4N2/c1-8(19(17)5-4-15)12-7-18(13(20)21-12)9-2-3-11(16)10(14)6-9;2-1-3/h2-6,8,12H,7,15-17H2,1H3;1H,(H3,2,3)/b5-4-;. The van der Waals surface area contributed by atoms with Crippen molar-refractivity contribution in [2.75, 3.05) is 17.2 Å². The molecule has 0 bridgehead atoms. The molecule has 9 N–H and O–H groups in total. The number of cyclic esters (lactones) is 1. The molecule has 2 unspecified atom stereocenters. The minimum absolute atomic E-state index is 0.0254. The molecule has 132 valence electrons. The Morgan fingerprint density at radius 2 is 2.12 bits per heavy atom. The Kier molecular flexibility index (Phi) is 6.80. The second-order valence-corrected chi connectivity index (χ2v) is 4.93. The number of anilines is 2. The van der Waals surface area contributed by atoms with Gasteiger partial charge in [0.05, 0.1) is 30.3 Å². The average Bonchev–Trinajstić information content (AvgIpc) is 2.92. The quantitative estimate of drug-likeness (QED) is 0.173. The predicted octanol–water partition coefficient (Wildman–Crippen LogP) is 0.279. The minimum Gasteiger partial charge on any atom is -0.442 e. The number of nitrogen functional groups attached to an aromatic ring is 1. The molecule has 0 saturated carbocycles. The first-order valence-electron chi connectivity index (χ1n) is 7.01. The van der Waals surface area contributed by atoms with Crippen molar-refractivity contribution >= 4 is 23.8 Å². The number of amides is 1. The highest BCUT2D eigenvalue weighted by Crippen LogP contribution is 2.26. The van der Waals surface area contributed by atoms with Gasteiger partial charge in [0.15, 0.2) is 0 Å². The minimum atomic E-state index is -0.580. The number of nitrogens with two attached hydrogens (primary N) is 4. The van der Waals surface area contributed by atoms with Gasteiger partial charge >= 0.3 is 6.09 Å². The number of hydrazine groups is 1. The number of rotatable bonds is 4. The molecule has 1 heterocycles. The first-order valence-corrected chi connectivity index (χ1v) is 7.01. The molecule has 9 nitrogen and oxygen atoms in total. The Morgan fingerprint density at radius 1 is 1.50 bits per heavy atom. The van der Waals surface area contributed by atoms with Gasteiger partial charge in [-0.2, -0.15) is 0 Å². The van der Waals surface area contributed by atoms with Crippen LogP contribution in [-0.2, 0) is 4.74 Å². The molecule has 0 aliphatic carbocycles. The molecule has 24 heavy (non-hydrogen) atoms. The van der Waals surface area contributed by atoms with Gasteiger partial charge in [-0.05, 0) is 25.1 Å². The molecule has 1 aliphatic heterocycles. The van der Waals surface area contributed by atoms with E-state index in [4.69, 9.17) is 27.5 Å². The van der Waals surface area contributed by atoms with E-state index >= 15 is 0 Å². The maximum absolute atomic E-state index is 13.5. The number of carbonyl (C=O) groups excluding carboxylic acids is 1. The lowest BCUT2D eigenvalue weighted by atomic mass is 10.1. The Balaban J connectivity index is 0.000000891. The molecule has 1 amide bonds. The summed E-state index contributed by atoms with van der Waals surface area (Å²) in [5.74, 6) is 5.18. The van der Waals surface area contributed by atoms with Crippen molar-refractivity contribution in [2.24, 2.45) is 17.3 Å². The zero-order valence-electron chi connectivity index (χ0n) is 13.2. The number of ether oxygens (including phenoxy) is 1. The van der Waals surface area contributed by atoms with Crippen LogP contribution in [0.15, 0.2) is 30.6 Å². The van der Waals surface area contributed by atoms with E-state index < -0.39 is 18.0 Å².